The van der Waals surface area contributed by atoms with Crippen molar-refractivity contribution in [3.05, 3.63) is 18.2 Å². The number of fused-ring (bicyclic) bond motifs is 1. The van der Waals surface area contributed by atoms with Gasteiger partial charge in [0.05, 0.1) is 10.2 Å². The topological polar surface area (TPSA) is 71.1 Å². The van der Waals surface area contributed by atoms with Gasteiger partial charge in [-0.1, -0.05) is 31.1 Å². The number of hydrogen-bond acceptors (Lipinski definition) is 4. The second-order valence-electron chi connectivity index (χ2n) is 6.01. The van der Waals surface area contributed by atoms with Gasteiger partial charge in [0.15, 0.2) is 5.13 Å². The Balaban J connectivity index is 1.66. The van der Waals surface area contributed by atoms with Crippen molar-refractivity contribution in [1.82, 2.24) is 4.98 Å². The Morgan fingerprint density at radius 2 is 2.00 bits per heavy atom. The fourth-order valence-electron chi connectivity index (χ4n) is 2.95. The minimum absolute atomic E-state index is 0.0471. The maximum atomic E-state index is 12.1. The van der Waals surface area contributed by atoms with Crippen LogP contribution in [0.5, 0.6) is 0 Å². The molecule has 0 saturated heterocycles. The van der Waals surface area contributed by atoms with E-state index in [2.05, 4.69) is 15.6 Å². The summed E-state index contributed by atoms with van der Waals surface area (Å²) in [5.41, 5.74) is 1.62. The quantitative estimate of drug-likeness (QED) is 0.864. The first kappa shape index (κ1) is 15.9. The van der Waals surface area contributed by atoms with E-state index in [1.54, 1.807) is 6.92 Å². The molecule has 2 aromatic rings. The molecule has 0 bridgehead atoms. The lowest BCUT2D eigenvalue weighted by Gasteiger charge is -2.09. The zero-order valence-electron chi connectivity index (χ0n) is 13.2. The van der Waals surface area contributed by atoms with Crippen LogP contribution in [0.15, 0.2) is 18.2 Å². The van der Waals surface area contributed by atoms with Gasteiger partial charge in [-0.15, -0.1) is 0 Å². The van der Waals surface area contributed by atoms with E-state index < -0.39 is 0 Å². The molecule has 0 atom stereocenters. The second kappa shape index (κ2) is 7.08. The van der Waals surface area contributed by atoms with Crippen molar-refractivity contribution in [2.45, 2.75) is 45.4 Å². The van der Waals surface area contributed by atoms with E-state index in [1.807, 2.05) is 18.2 Å². The molecule has 5 nitrogen and oxygen atoms in total. The maximum absolute atomic E-state index is 12.1. The normalized spacial score (nSPS) is 15.0. The van der Waals surface area contributed by atoms with Gasteiger partial charge in [-0.2, -0.15) is 0 Å². The van der Waals surface area contributed by atoms with E-state index in [0.29, 0.717) is 23.9 Å². The monoisotopic (exact) mass is 331 g/mol. The third-order valence-corrected chi connectivity index (χ3v) is 5.12. The third-order valence-electron chi connectivity index (χ3n) is 4.19. The summed E-state index contributed by atoms with van der Waals surface area (Å²) in [5.74, 6) is 0.576. The minimum atomic E-state index is -0.0471. The number of nitrogens with zero attached hydrogens (tertiary/aromatic N) is 1. The first-order chi connectivity index (χ1) is 11.1. The van der Waals surface area contributed by atoms with Crippen LogP contribution in [0.3, 0.4) is 0 Å². The fourth-order valence-corrected chi connectivity index (χ4v) is 3.87. The van der Waals surface area contributed by atoms with Crippen molar-refractivity contribution in [2.75, 3.05) is 10.6 Å². The van der Waals surface area contributed by atoms with Gasteiger partial charge in [-0.25, -0.2) is 4.98 Å². The Labute approximate surface area is 139 Å². The molecule has 0 spiro atoms. The summed E-state index contributed by atoms with van der Waals surface area (Å²) in [6.45, 7) is 1.81. The molecule has 1 heterocycles. The molecule has 3 rings (SSSR count). The van der Waals surface area contributed by atoms with Gasteiger partial charge in [0.25, 0.3) is 0 Å². The van der Waals surface area contributed by atoms with Gasteiger partial charge in [0.2, 0.25) is 11.8 Å². The molecular formula is C17H21N3O2S. The summed E-state index contributed by atoms with van der Waals surface area (Å²) in [5, 5.41) is 6.34. The molecule has 0 radical (unpaired) electrons. The average molecular weight is 331 g/mol. The standard InChI is InChI=1S/C17H21N3O2S/c1-2-15(21)20-17-19-13-8-7-12(10-14(13)23-17)18-16(22)9-11-5-3-4-6-11/h7-8,10-11H,2-6,9H2,1H3,(H,18,22)(H,19,20,21). The Bertz CT molecular complexity index is 720. The highest BCUT2D eigenvalue weighted by molar-refractivity contribution is 7.22. The third kappa shape index (κ3) is 4.07. The predicted octanol–water partition coefficient (Wildman–Crippen LogP) is 4.16. The summed E-state index contributed by atoms with van der Waals surface area (Å²) in [4.78, 5) is 27.9. The molecule has 1 saturated carbocycles. The van der Waals surface area contributed by atoms with Crippen LogP contribution in [0.4, 0.5) is 10.8 Å². The van der Waals surface area contributed by atoms with Gasteiger partial charge in [0, 0.05) is 18.5 Å². The maximum Gasteiger partial charge on any atom is 0.225 e. The van der Waals surface area contributed by atoms with Crippen molar-refractivity contribution in [3.63, 3.8) is 0 Å². The molecular weight excluding hydrogens is 310 g/mol. The van der Waals surface area contributed by atoms with Crippen LogP contribution < -0.4 is 10.6 Å². The Morgan fingerprint density at radius 3 is 2.74 bits per heavy atom. The van der Waals surface area contributed by atoms with E-state index in [1.165, 1.54) is 37.0 Å². The molecule has 2 N–H and O–H groups in total. The molecule has 1 aliphatic rings. The Kier molecular flexibility index (Phi) is 4.91. The van der Waals surface area contributed by atoms with Gasteiger partial charge in [-0.3, -0.25) is 9.59 Å². The summed E-state index contributed by atoms with van der Waals surface area (Å²) in [7, 11) is 0. The van der Waals surface area contributed by atoms with Crippen LogP contribution in [-0.2, 0) is 9.59 Å². The predicted molar refractivity (Wildman–Crippen MR) is 93.7 cm³/mol. The molecule has 0 aliphatic heterocycles. The van der Waals surface area contributed by atoms with Crippen LogP contribution in [-0.4, -0.2) is 16.8 Å². The number of anilines is 2. The number of thiazole rings is 1. The average Bonchev–Trinajstić information content (AvgIpc) is 3.15. The van der Waals surface area contributed by atoms with Crippen molar-refractivity contribution in [3.8, 4) is 0 Å². The summed E-state index contributed by atoms with van der Waals surface area (Å²) < 4.78 is 0.954. The van der Waals surface area contributed by atoms with Crippen molar-refractivity contribution >= 4 is 44.2 Å². The van der Waals surface area contributed by atoms with Crippen molar-refractivity contribution < 1.29 is 9.59 Å². The van der Waals surface area contributed by atoms with E-state index in [4.69, 9.17) is 0 Å². The van der Waals surface area contributed by atoms with Gasteiger partial charge < -0.3 is 10.6 Å². The lowest BCUT2D eigenvalue weighted by molar-refractivity contribution is -0.117. The van der Waals surface area contributed by atoms with Crippen LogP contribution in [0.2, 0.25) is 0 Å². The molecule has 1 aliphatic carbocycles. The first-order valence-corrected chi connectivity index (χ1v) is 8.96. The number of aromatic nitrogens is 1. The summed E-state index contributed by atoms with van der Waals surface area (Å²) >= 11 is 1.42. The van der Waals surface area contributed by atoms with Crippen LogP contribution in [0.25, 0.3) is 10.2 Å². The summed E-state index contributed by atoms with van der Waals surface area (Å²) in [6.07, 6.45) is 5.87. The molecule has 1 fully saturated rings. The van der Waals surface area contributed by atoms with Crippen LogP contribution in [0.1, 0.15) is 45.4 Å². The lowest BCUT2D eigenvalue weighted by Crippen LogP contribution is -2.14. The molecule has 23 heavy (non-hydrogen) atoms. The SMILES string of the molecule is CCC(=O)Nc1nc2ccc(NC(=O)CC3CCCC3)cc2s1. The van der Waals surface area contributed by atoms with E-state index in [0.717, 1.165) is 15.9 Å². The number of carbonyl (C=O) groups is 2. The van der Waals surface area contributed by atoms with E-state index in [-0.39, 0.29) is 11.8 Å². The minimum Gasteiger partial charge on any atom is -0.326 e. The Hall–Kier alpha value is -1.95. The smallest absolute Gasteiger partial charge is 0.225 e. The number of amides is 2. The lowest BCUT2D eigenvalue weighted by atomic mass is 10.0. The number of hydrogen-bond donors (Lipinski definition) is 2. The molecule has 122 valence electrons. The first-order valence-electron chi connectivity index (χ1n) is 8.14. The molecule has 1 aromatic carbocycles. The van der Waals surface area contributed by atoms with Crippen molar-refractivity contribution in [2.24, 2.45) is 5.92 Å². The van der Waals surface area contributed by atoms with E-state index >= 15 is 0 Å². The van der Waals surface area contributed by atoms with Crippen LogP contribution >= 0.6 is 11.3 Å². The largest absolute Gasteiger partial charge is 0.326 e. The second-order valence-corrected chi connectivity index (χ2v) is 7.04. The number of rotatable bonds is 5. The summed E-state index contributed by atoms with van der Waals surface area (Å²) in [6, 6.07) is 5.65. The van der Waals surface area contributed by atoms with Gasteiger partial charge >= 0.3 is 0 Å². The number of benzene rings is 1. The van der Waals surface area contributed by atoms with Crippen LogP contribution in [0, 0.1) is 5.92 Å². The fraction of sp³-hybridized carbons (Fsp3) is 0.471. The Morgan fingerprint density at radius 1 is 1.22 bits per heavy atom. The molecule has 2 amide bonds. The highest BCUT2D eigenvalue weighted by Crippen LogP contribution is 2.30. The highest BCUT2D eigenvalue weighted by atomic mass is 32.1. The van der Waals surface area contributed by atoms with Gasteiger partial charge in [-0.05, 0) is 37.0 Å². The number of carbonyl (C=O) groups excluding carboxylic acids is 2. The zero-order chi connectivity index (χ0) is 16.2. The zero-order valence-corrected chi connectivity index (χ0v) is 14.0. The molecule has 1 aromatic heterocycles. The van der Waals surface area contributed by atoms with E-state index in [9.17, 15) is 9.59 Å². The number of nitrogens with one attached hydrogen (secondary N) is 2. The molecule has 6 heteroatoms. The van der Waals surface area contributed by atoms with Gasteiger partial charge in [0.1, 0.15) is 0 Å². The van der Waals surface area contributed by atoms with Crippen molar-refractivity contribution in [1.29, 1.82) is 0 Å². The highest BCUT2D eigenvalue weighted by Gasteiger charge is 2.18. The molecule has 0 unspecified atom stereocenters.